The minimum absolute atomic E-state index is 0.0443. The number of carbonyl (C=O) groups excluding carboxylic acids is 2. The molecule has 152 valence electrons. The van der Waals surface area contributed by atoms with Gasteiger partial charge < -0.3 is 15.2 Å². The topological polar surface area (TPSA) is 76.0 Å². The highest BCUT2D eigenvalue weighted by Gasteiger charge is 2.14. The van der Waals surface area contributed by atoms with E-state index in [4.69, 9.17) is 0 Å². The minimum Gasteiger partial charge on any atom is -0.356 e. The molecule has 2 N–H and O–H groups in total. The average Bonchev–Trinajstić information content (AvgIpc) is 3.03. The molecule has 0 radical (unpaired) electrons. The Bertz CT molecular complexity index is 1020. The molecule has 0 unspecified atom stereocenters. The predicted molar refractivity (Wildman–Crippen MR) is 116 cm³/mol. The van der Waals surface area contributed by atoms with Gasteiger partial charge in [0.2, 0.25) is 11.8 Å². The molecular formula is C23H28N4O2. The second kappa shape index (κ2) is 9.37. The van der Waals surface area contributed by atoms with E-state index in [1.807, 2.05) is 67.8 Å². The minimum atomic E-state index is -0.0990. The number of rotatable bonds is 8. The number of fused-ring (bicyclic) bond motifs is 1. The van der Waals surface area contributed by atoms with E-state index in [-0.39, 0.29) is 18.4 Å². The number of imidazole rings is 1. The molecule has 2 amide bonds. The third-order valence-electron chi connectivity index (χ3n) is 5.06. The Morgan fingerprint density at radius 3 is 2.62 bits per heavy atom. The van der Waals surface area contributed by atoms with Crippen LogP contribution in [0.1, 0.15) is 36.7 Å². The number of aryl methyl sites for hydroxylation is 1. The Morgan fingerprint density at radius 2 is 1.83 bits per heavy atom. The van der Waals surface area contributed by atoms with Gasteiger partial charge >= 0.3 is 0 Å². The van der Waals surface area contributed by atoms with Crippen LogP contribution in [0.4, 0.5) is 5.69 Å². The lowest BCUT2D eigenvalue weighted by Crippen LogP contribution is -2.27. The molecule has 0 fully saturated rings. The fourth-order valence-electron chi connectivity index (χ4n) is 3.34. The van der Waals surface area contributed by atoms with Crippen LogP contribution in [0.3, 0.4) is 0 Å². The maximum absolute atomic E-state index is 12.8. The van der Waals surface area contributed by atoms with Crippen molar-refractivity contribution in [3.05, 3.63) is 59.4 Å². The molecule has 0 aliphatic heterocycles. The third kappa shape index (κ3) is 5.02. The molecule has 1 aromatic heterocycles. The summed E-state index contributed by atoms with van der Waals surface area (Å²) in [7, 11) is 0. The van der Waals surface area contributed by atoms with Gasteiger partial charge in [-0.3, -0.25) is 9.59 Å². The van der Waals surface area contributed by atoms with Crippen LogP contribution >= 0.6 is 0 Å². The number of benzene rings is 2. The van der Waals surface area contributed by atoms with Crippen molar-refractivity contribution in [1.82, 2.24) is 14.9 Å². The van der Waals surface area contributed by atoms with Crippen molar-refractivity contribution in [2.24, 2.45) is 0 Å². The summed E-state index contributed by atoms with van der Waals surface area (Å²) >= 11 is 0. The number of aromatic nitrogens is 2. The molecule has 0 atom stereocenters. The van der Waals surface area contributed by atoms with Crippen molar-refractivity contribution in [1.29, 1.82) is 0 Å². The summed E-state index contributed by atoms with van der Waals surface area (Å²) in [4.78, 5) is 29.2. The molecule has 0 spiro atoms. The smallest absolute Gasteiger partial charge is 0.244 e. The van der Waals surface area contributed by atoms with Gasteiger partial charge in [-0.15, -0.1) is 0 Å². The van der Waals surface area contributed by atoms with Gasteiger partial charge in [-0.1, -0.05) is 31.2 Å². The number of carbonyl (C=O) groups is 2. The lowest BCUT2D eigenvalue weighted by atomic mass is 10.1. The molecule has 0 aliphatic rings. The zero-order valence-electron chi connectivity index (χ0n) is 17.3. The lowest BCUT2D eigenvalue weighted by molar-refractivity contribution is -0.121. The van der Waals surface area contributed by atoms with Crippen molar-refractivity contribution in [3.8, 4) is 0 Å². The van der Waals surface area contributed by atoms with Crippen LogP contribution in [-0.2, 0) is 22.6 Å². The Kier molecular flexibility index (Phi) is 6.65. The molecular weight excluding hydrogens is 364 g/mol. The summed E-state index contributed by atoms with van der Waals surface area (Å²) < 4.78 is 1.93. The van der Waals surface area contributed by atoms with E-state index in [1.165, 1.54) is 0 Å². The van der Waals surface area contributed by atoms with E-state index < -0.39 is 0 Å². The van der Waals surface area contributed by atoms with Gasteiger partial charge in [-0.05, 0) is 49.6 Å². The Labute approximate surface area is 171 Å². The van der Waals surface area contributed by atoms with Gasteiger partial charge in [-0.2, -0.15) is 0 Å². The van der Waals surface area contributed by atoms with E-state index in [0.29, 0.717) is 19.4 Å². The van der Waals surface area contributed by atoms with E-state index >= 15 is 0 Å². The van der Waals surface area contributed by atoms with Crippen LogP contribution in [0.25, 0.3) is 11.0 Å². The van der Waals surface area contributed by atoms with Crippen molar-refractivity contribution in [2.75, 3.05) is 11.9 Å². The third-order valence-corrected chi connectivity index (χ3v) is 5.06. The van der Waals surface area contributed by atoms with Crippen LogP contribution < -0.4 is 10.6 Å². The van der Waals surface area contributed by atoms with E-state index in [1.54, 1.807) is 0 Å². The first-order chi connectivity index (χ1) is 14.0. The number of para-hydroxylation sites is 2. The van der Waals surface area contributed by atoms with Gasteiger partial charge in [-0.25, -0.2) is 4.98 Å². The number of anilines is 1. The molecule has 3 rings (SSSR count). The Hall–Kier alpha value is -3.15. The standard InChI is InChI=1S/C23H28N4O2/c1-4-8-22(28)24-14-13-21-25-19-10-5-6-12-20(19)27(21)15-23(29)26-18-11-7-9-16(2)17(18)3/h5-7,9-12H,4,8,13-15H2,1-3H3,(H,24,28)(H,26,29). The molecule has 29 heavy (non-hydrogen) atoms. The zero-order chi connectivity index (χ0) is 20.8. The van der Waals surface area contributed by atoms with E-state index in [0.717, 1.165) is 40.1 Å². The SMILES string of the molecule is CCCC(=O)NCCc1nc2ccccc2n1CC(=O)Nc1cccc(C)c1C. The molecule has 6 nitrogen and oxygen atoms in total. The number of nitrogens with zero attached hydrogens (tertiary/aromatic N) is 2. The zero-order valence-corrected chi connectivity index (χ0v) is 17.3. The van der Waals surface area contributed by atoms with E-state index in [9.17, 15) is 9.59 Å². The number of hydrogen-bond acceptors (Lipinski definition) is 3. The van der Waals surface area contributed by atoms with Crippen LogP contribution in [-0.4, -0.2) is 27.9 Å². The van der Waals surface area contributed by atoms with Gasteiger partial charge in [0.15, 0.2) is 0 Å². The molecule has 1 heterocycles. The fourth-order valence-corrected chi connectivity index (χ4v) is 3.34. The monoisotopic (exact) mass is 392 g/mol. The first-order valence-corrected chi connectivity index (χ1v) is 10.1. The molecule has 0 saturated heterocycles. The van der Waals surface area contributed by atoms with Crippen LogP contribution in [0.15, 0.2) is 42.5 Å². The van der Waals surface area contributed by atoms with Gasteiger partial charge in [0.25, 0.3) is 0 Å². The second-order valence-corrected chi connectivity index (χ2v) is 7.25. The van der Waals surface area contributed by atoms with Crippen molar-refractivity contribution >= 4 is 28.5 Å². The van der Waals surface area contributed by atoms with Crippen molar-refractivity contribution < 1.29 is 9.59 Å². The quantitative estimate of drug-likeness (QED) is 0.613. The molecule has 0 saturated carbocycles. The largest absolute Gasteiger partial charge is 0.356 e. The summed E-state index contributed by atoms with van der Waals surface area (Å²) in [6.45, 7) is 6.68. The summed E-state index contributed by atoms with van der Waals surface area (Å²) in [6, 6.07) is 13.7. The van der Waals surface area contributed by atoms with Gasteiger partial charge in [0.05, 0.1) is 11.0 Å². The normalized spacial score (nSPS) is 10.9. The molecule has 2 aromatic carbocycles. The molecule has 0 bridgehead atoms. The second-order valence-electron chi connectivity index (χ2n) is 7.25. The highest BCUT2D eigenvalue weighted by molar-refractivity contribution is 5.92. The fraction of sp³-hybridized carbons (Fsp3) is 0.348. The van der Waals surface area contributed by atoms with Gasteiger partial charge in [0, 0.05) is 25.1 Å². The van der Waals surface area contributed by atoms with Gasteiger partial charge in [0.1, 0.15) is 12.4 Å². The summed E-state index contributed by atoms with van der Waals surface area (Å²) in [6.07, 6.45) is 1.92. The van der Waals surface area contributed by atoms with Crippen molar-refractivity contribution in [3.63, 3.8) is 0 Å². The van der Waals surface area contributed by atoms with Crippen molar-refractivity contribution in [2.45, 2.75) is 46.6 Å². The molecule has 3 aromatic rings. The maximum atomic E-state index is 12.8. The number of hydrogen-bond donors (Lipinski definition) is 2. The van der Waals surface area contributed by atoms with Crippen LogP contribution in [0.5, 0.6) is 0 Å². The first kappa shape index (κ1) is 20.6. The Morgan fingerprint density at radius 1 is 1.03 bits per heavy atom. The lowest BCUT2D eigenvalue weighted by Gasteiger charge is -2.13. The number of amides is 2. The first-order valence-electron chi connectivity index (χ1n) is 10.1. The number of nitrogens with one attached hydrogen (secondary N) is 2. The highest BCUT2D eigenvalue weighted by atomic mass is 16.2. The summed E-state index contributed by atoms with van der Waals surface area (Å²) in [5.74, 6) is 0.736. The average molecular weight is 393 g/mol. The summed E-state index contributed by atoms with van der Waals surface area (Å²) in [5.41, 5.74) is 4.79. The highest BCUT2D eigenvalue weighted by Crippen LogP contribution is 2.20. The Balaban J connectivity index is 1.77. The van der Waals surface area contributed by atoms with E-state index in [2.05, 4.69) is 15.6 Å². The maximum Gasteiger partial charge on any atom is 0.244 e. The van der Waals surface area contributed by atoms with Crippen LogP contribution in [0.2, 0.25) is 0 Å². The van der Waals surface area contributed by atoms with Crippen LogP contribution in [0, 0.1) is 13.8 Å². The summed E-state index contributed by atoms with van der Waals surface area (Å²) in [5, 5.41) is 5.93. The molecule has 6 heteroatoms. The molecule has 0 aliphatic carbocycles. The predicted octanol–water partition coefficient (Wildman–Crippen LogP) is 3.75.